The molecule has 0 saturated carbocycles. The fraction of sp³-hybridized carbons (Fsp3) is 0.150. The van der Waals surface area contributed by atoms with Crippen LogP contribution in [0, 0.1) is 13.8 Å². The van der Waals surface area contributed by atoms with E-state index in [1.807, 2.05) is 26.0 Å². The monoisotopic (exact) mass is 417 g/mol. The second-order valence-electron chi connectivity index (χ2n) is 6.04. The van der Waals surface area contributed by atoms with Gasteiger partial charge >= 0.3 is 0 Å². The summed E-state index contributed by atoms with van der Waals surface area (Å²) in [6, 6.07) is 14.9. The van der Waals surface area contributed by atoms with Crippen molar-refractivity contribution in [2.24, 2.45) is 0 Å². The molecule has 1 heterocycles. The number of hydrogen-bond acceptors (Lipinski definition) is 4. The largest absolute Gasteiger partial charge is 0.324 e. The number of carbonyl (C=O) groups is 1. The average Bonchev–Trinajstić information content (AvgIpc) is 2.65. The summed E-state index contributed by atoms with van der Waals surface area (Å²) in [4.78, 5) is 12.1. The number of aryl methyl sites for hydroxylation is 2. The lowest BCUT2D eigenvalue weighted by Crippen LogP contribution is -2.14. The molecule has 0 spiro atoms. The van der Waals surface area contributed by atoms with Crippen molar-refractivity contribution in [1.82, 2.24) is 10.2 Å². The number of thioether (sulfide) groups is 1. The van der Waals surface area contributed by atoms with Gasteiger partial charge in [0.05, 0.1) is 22.2 Å². The number of amides is 1. The predicted molar refractivity (Wildman–Crippen MR) is 113 cm³/mol. The second kappa shape index (κ2) is 8.74. The van der Waals surface area contributed by atoms with Crippen LogP contribution in [0.4, 0.5) is 5.69 Å². The van der Waals surface area contributed by atoms with Gasteiger partial charge in [0.2, 0.25) is 5.91 Å². The predicted octanol–water partition coefficient (Wildman–Crippen LogP) is 5.80. The summed E-state index contributed by atoms with van der Waals surface area (Å²) in [6.45, 7) is 4.09. The molecule has 0 aliphatic heterocycles. The lowest BCUT2D eigenvalue weighted by atomic mass is 10.0. The van der Waals surface area contributed by atoms with Crippen LogP contribution in [0.3, 0.4) is 0 Å². The molecular weight excluding hydrogens is 401 g/mol. The van der Waals surface area contributed by atoms with Crippen LogP contribution in [0.1, 0.15) is 11.1 Å². The van der Waals surface area contributed by atoms with E-state index in [4.69, 9.17) is 23.2 Å². The molecular formula is C20H17Cl2N3OS. The maximum Gasteiger partial charge on any atom is 0.234 e. The number of carbonyl (C=O) groups excluding carboxylic acids is 1. The topological polar surface area (TPSA) is 54.9 Å². The van der Waals surface area contributed by atoms with Gasteiger partial charge < -0.3 is 5.32 Å². The van der Waals surface area contributed by atoms with Crippen molar-refractivity contribution in [3.8, 4) is 11.3 Å². The Bertz CT molecular complexity index is 977. The maximum absolute atomic E-state index is 12.1. The van der Waals surface area contributed by atoms with E-state index >= 15 is 0 Å². The molecule has 0 atom stereocenters. The Morgan fingerprint density at radius 3 is 2.59 bits per heavy atom. The van der Waals surface area contributed by atoms with Crippen molar-refractivity contribution in [1.29, 1.82) is 0 Å². The van der Waals surface area contributed by atoms with E-state index in [1.165, 1.54) is 17.3 Å². The molecule has 4 nitrogen and oxygen atoms in total. The van der Waals surface area contributed by atoms with Crippen molar-refractivity contribution in [2.75, 3.05) is 11.1 Å². The first-order chi connectivity index (χ1) is 12.9. The van der Waals surface area contributed by atoms with Crippen molar-refractivity contribution in [3.05, 3.63) is 69.7 Å². The third-order valence-corrected chi connectivity index (χ3v) is 5.35. The molecule has 0 saturated heterocycles. The number of rotatable bonds is 5. The van der Waals surface area contributed by atoms with Crippen LogP contribution < -0.4 is 5.32 Å². The summed E-state index contributed by atoms with van der Waals surface area (Å²) in [7, 11) is 0. The lowest BCUT2D eigenvalue weighted by Gasteiger charge is -2.08. The highest BCUT2D eigenvalue weighted by Gasteiger charge is 2.09. The van der Waals surface area contributed by atoms with Crippen molar-refractivity contribution in [3.63, 3.8) is 0 Å². The number of anilines is 1. The third kappa shape index (κ3) is 5.22. The SMILES string of the molecule is Cc1ccc(C)c(-c2ccc(SCC(=O)Nc3cc(Cl)ccc3Cl)nn2)c1. The van der Waals surface area contributed by atoms with Crippen LogP contribution >= 0.6 is 35.0 Å². The Morgan fingerprint density at radius 2 is 1.85 bits per heavy atom. The van der Waals surface area contributed by atoms with Crippen LogP contribution in [0.2, 0.25) is 10.0 Å². The summed E-state index contributed by atoms with van der Waals surface area (Å²) < 4.78 is 0. The molecule has 0 aliphatic carbocycles. The fourth-order valence-electron chi connectivity index (χ4n) is 2.47. The summed E-state index contributed by atoms with van der Waals surface area (Å²) in [5, 5.41) is 12.9. The normalized spacial score (nSPS) is 10.7. The lowest BCUT2D eigenvalue weighted by molar-refractivity contribution is -0.113. The molecule has 1 N–H and O–H groups in total. The molecule has 7 heteroatoms. The van der Waals surface area contributed by atoms with Crippen LogP contribution in [0.15, 0.2) is 53.6 Å². The highest BCUT2D eigenvalue weighted by molar-refractivity contribution is 7.99. The zero-order valence-electron chi connectivity index (χ0n) is 14.8. The molecule has 1 amide bonds. The van der Waals surface area contributed by atoms with E-state index < -0.39 is 0 Å². The van der Waals surface area contributed by atoms with E-state index in [1.54, 1.807) is 18.2 Å². The number of nitrogens with zero attached hydrogens (tertiary/aromatic N) is 2. The highest BCUT2D eigenvalue weighted by Crippen LogP contribution is 2.26. The summed E-state index contributed by atoms with van der Waals surface area (Å²) >= 11 is 13.3. The molecule has 3 rings (SSSR count). The van der Waals surface area contributed by atoms with Gasteiger partial charge in [0.1, 0.15) is 5.03 Å². The zero-order chi connectivity index (χ0) is 19.4. The first-order valence-electron chi connectivity index (χ1n) is 8.21. The van der Waals surface area contributed by atoms with Gasteiger partial charge in [0.25, 0.3) is 0 Å². The van der Waals surface area contributed by atoms with Gasteiger partial charge in [-0.15, -0.1) is 10.2 Å². The van der Waals surface area contributed by atoms with Gasteiger partial charge in [-0.3, -0.25) is 4.79 Å². The number of aromatic nitrogens is 2. The quantitative estimate of drug-likeness (QED) is 0.533. The van der Waals surface area contributed by atoms with E-state index in [-0.39, 0.29) is 11.7 Å². The first-order valence-corrected chi connectivity index (χ1v) is 9.95. The highest BCUT2D eigenvalue weighted by atomic mass is 35.5. The van der Waals surface area contributed by atoms with Crippen LogP contribution in [0.25, 0.3) is 11.3 Å². The van der Waals surface area contributed by atoms with Crippen molar-refractivity contribution >= 4 is 46.6 Å². The number of hydrogen-bond donors (Lipinski definition) is 1. The summed E-state index contributed by atoms with van der Waals surface area (Å²) in [5.74, 6) is 0.00457. The standard InChI is InChI=1S/C20H17Cl2N3OS/c1-12-3-4-13(2)15(9-12)17-7-8-20(25-24-17)27-11-19(26)23-18-10-14(21)5-6-16(18)22/h3-10H,11H2,1-2H3,(H,23,26). The molecule has 0 radical (unpaired) electrons. The Morgan fingerprint density at radius 1 is 1.04 bits per heavy atom. The molecule has 0 fully saturated rings. The smallest absolute Gasteiger partial charge is 0.234 e. The summed E-state index contributed by atoms with van der Waals surface area (Å²) in [6.07, 6.45) is 0. The average molecular weight is 418 g/mol. The van der Waals surface area contributed by atoms with E-state index in [2.05, 4.69) is 33.7 Å². The minimum atomic E-state index is -0.190. The summed E-state index contributed by atoms with van der Waals surface area (Å²) in [5.41, 5.74) is 4.69. The Hall–Kier alpha value is -2.08. The number of halogens is 2. The second-order valence-corrected chi connectivity index (χ2v) is 7.88. The van der Waals surface area contributed by atoms with Crippen molar-refractivity contribution in [2.45, 2.75) is 18.9 Å². The Balaban J connectivity index is 1.62. The molecule has 1 aromatic heterocycles. The van der Waals surface area contributed by atoms with E-state index in [0.717, 1.165) is 16.8 Å². The van der Waals surface area contributed by atoms with Crippen LogP contribution in [0.5, 0.6) is 0 Å². The molecule has 0 bridgehead atoms. The third-order valence-electron chi connectivity index (χ3n) is 3.86. The molecule has 3 aromatic rings. The van der Waals surface area contributed by atoms with Crippen LogP contribution in [-0.2, 0) is 4.79 Å². The molecule has 138 valence electrons. The van der Waals surface area contributed by atoms with Gasteiger partial charge in [-0.1, -0.05) is 52.7 Å². The Labute approximate surface area is 172 Å². The first kappa shape index (κ1) is 19.7. The van der Waals surface area contributed by atoms with Gasteiger partial charge in [-0.2, -0.15) is 0 Å². The Kier molecular flexibility index (Phi) is 6.37. The van der Waals surface area contributed by atoms with Gasteiger partial charge in [-0.25, -0.2) is 0 Å². The minimum Gasteiger partial charge on any atom is -0.324 e. The van der Waals surface area contributed by atoms with Crippen LogP contribution in [-0.4, -0.2) is 21.9 Å². The van der Waals surface area contributed by atoms with Gasteiger partial charge in [-0.05, 0) is 55.8 Å². The van der Waals surface area contributed by atoms with E-state index in [9.17, 15) is 4.79 Å². The molecule has 27 heavy (non-hydrogen) atoms. The van der Waals surface area contributed by atoms with Gasteiger partial charge in [0, 0.05) is 10.6 Å². The number of benzene rings is 2. The molecule has 0 unspecified atom stereocenters. The number of nitrogens with one attached hydrogen (secondary N) is 1. The van der Waals surface area contributed by atoms with Gasteiger partial charge in [0.15, 0.2) is 0 Å². The zero-order valence-corrected chi connectivity index (χ0v) is 17.1. The minimum absolute atomic E-state index is 0.190. The fourth-order valence-corrected chi connectivity index (χ4v) is 3.42. The van der Waals surface area contributed by atoms with E-state index in [0.29, 0.717) is 20.8 Å². The maximum atomic E-state index is 12.1. The van der Waals surface area contributed by atoms with Crippen molar-refractivity contribution < 1.29 is 4.79 Å². The molecule has 2 aromatic carbocycles. The molecule has 0 aliphatic rings.